The number of hydrogen-bond acceptors (Lipinski definition) is 8. The van der Waals surface area contributed by atoms with Gasteiger partial charge in [-0.1, -0.05) is 54.6 Å². The first-order chi connectivity index (χ1) is 19.5. The van der Waals surface area contributed by atoms with Crippen LogP contribution in [0.5, 0.6) is 0 Å². The quantitative estimate of drug-likeness (QED) is 0.389. The first-order valence-corrected chi connectivity index (χ1v) is 14.0. The third kappa shape index (κ3) is 6.27. The van der Waals surface area contributed by atoms with Gasteiger partial charge in [-0.2, -0.15) is 0 Å². The molecule has 1 aromatic heterocycles. The molecule has 5 rings (SSSR count). The van der Waals surface area contributed by atoms with Gasteiger partial charge in [-0.05, 0) is 50.5 Å². The molecule has 10 nitrogen and oxygen atoms in total. The van der Waals surface area contributed by atoms with Crippen LogP contribution in [-0.2, 0) is 15.1 Å². The summed E-state index contributed by atoms with van der Waals surface area (Å²) in [4.78, 5) is 28.2. The fourth-order valence-electron chi connectivity index (χ4n) is 5.89. The van der Waals surface area contributed by atoms with E-state index in [2.05, 4.69) is 10.2 Å². The molecule has 3 atom stereocenters. The van der Waals surface area contributed by atoms with Gasteiger partial charge >= 0.3 is 12.2 Å². The van der Waals surface area contributed by atoms with E-state index < -0.39 is 29.6 Å². The number of benzene rings is 2. The molecule has 2 aromatic carbocycles. The largest absolute Gasteiger partial charge is 0.438 e. The summed E-state index contributed by atoms with van der Waals surface area (Å²) < 4.78 is 11.3. The fraction of sp³-hybridized carbons (Fsp3) is 0.419. The van der Waals surface area contributed by atoms with Crippen LogP contribution in [0.3, 0.4) is 0 Å². The smallest absolute Gasteiger partial charge is 0.411 e. The predicted octanol–water partition coefficient (Wildman–Crippen LogP) is 5.13. The van der Waals surface area contributed by atoms with Crippen molar-refractivity contribution in [2.75, 3.05) is 18.0 Å². The SMILES string of the molecule is C[C@@H](c1ccc(-c2ccc(N3CCC[C@H]3OC(N)=O)nn2)cc1)N1CC[C@](CC(C)(C)O)(c2ccccc2)OC1=O. The average Bonchev–Trinajstić information content (AvgIpc) is 3.40. The van der Waals surface area contributed by atoms with Crippen molar-refractivity contribution in [3.8, 4) is 11.3 Å². The molecule has 2 amide bonds. The summed E-state index contributed by atoms with van der Waals surface area (Å²) in [5.41, 5.74) is 6.76. The molecular formula is C31H37N5O5. The van der Waals surface area contributed by atoms with Crippen LogP contribution < -0.4 is 10.6 Å². The highest BCUT2D eigenvalue weighted by Gasteiger charge is 2.46. The van der Waals surface area contributed by atoms with Crippen LogP contribution in [0.4, 0.5) is 15.4 Å². The van der Waals surface area contributed by atoms with Crippen LogP contribution in [0.15, 0.2) is 66.7 Å². The number of ether oxygens (including phenoxy) is 2. The summed E-state index contributed by atoms with van der Waals surface area (Å²) in [6.45, 7) is 6.67. The Labute approximate surface area is 240 Å². The number of carbonyl (C=O) groups is 2. The summed E-state index contributed by atoms with van der Waals surface area (Å²) in [5.74, 6) is 0.627. The molecular weight excluding hydrogens is 522 g/mol. The Bertz CT molecular complexity index is 1360. The van der Waals surface area contributed by atoms with E-state index >= 15 is 0 Å². The molecule has 3 aromatic rings. The van der Waals surface area contributed by atoms with E-state index in [1.807, 2.05) is 78.6 Å². The van der Waals surface area contributed by atoms with E-state index in [1.165, 1.54) is 0 Å². The lowest BCUT2D eigenvalue weighted by Crippen LogP contribution is -2.51. The highest BCUT2D eigenvalue weighted by atomic mass is 16.6. The Hall–Kier alpha value is -4.18. The molecule has 2 saturated heterocycles. The maximum Gasteiger partial charge on any atom is 0.411 e. The second-order valence-electron chi connectivity index (χ2n) is 11.5. The summed E-state index contributed by atoms with van der Waals surface area (Å²) in [5, 5.41) is 19.4. The van der Waals surface area contributed by atoms with Crippen LogP contribution >= 0.6 is 0 Å². The zero-order valence-electron chi connectivity index (χ0n) is 23.7. The van der Waals surface area contributed by atoms with E-state index in [-0.39, 0.29) is 6.04 Å². The minimum atomic E-state index is -1.01. The maximum absolute atomic E-state index is 13.4. The number of nitrogens with two attached hydrogens (primary N) is 1. The zero-order chi connectivity index (χ0) is 29.2. The number of aromatic nitrogens is 2. The highest BCUT2D eigenvalue weighted by molar-refractivity contribution is 5.70. The van der Waals surface area contributed by atoms with Crippen molar-refractivity contribution in [2.45, 2.75) is 69.9 Å². The molecule has 3 N–H and O–H groups in total. The average molecular weight is 560 g/mol. The number of aliphatic hydroxyl groups is 1. The van der Waals surface area contributed by atoms with Crippen molar-refractivity contribution < 1.29 is 24.2 Å². The molecule has 0 unspecified atom stereocenters. The Balaban J connectivity index is 1.27. The number of carbonyl (C=O) groups excluding carboxylic acids is 2. The molecule has 0 radical (unpaired) electrons. The molecule has 0 saturated carbocycles. The number of cyclic esters (lactones) is 1. The van der Waals surface area contributed by atoms with Gasteiger partial charge in [0.1, 0.15) is 5.60 Å². The predicted molar refractivity (Wildman–Crippen MR) is 154 cm³/mol. The topological polar surface area (TPSA) is 131 Å². The van der Waals surface area contributed by atoms with Gasteiger partial charge in [0, 0.05) is 37.9 Å². The van der Waals surface area contributed by atoms with E-state index in [4.69, 9.17) is 15.2 Å². The molecule has 10 heteroatoms. The van der Waals surface area contributed by atoms with E-state index in [0.29, 0.717) is 43.9 Å². The molecule has 0 spiro atoms. The zero-order valence-corrected chi connectivity index (χ0v) is 23.7. The Morgan fingerprint density at radius 3 is 2.46 bits per heavy atom. The lowest BCUT2D eigenvalue weighted by Gasteiger charge is -2.45. The van der Waals surface area contributed by atoms with Gasteiger partial charge in [0.25, 0.3) is 0 Å². The van der Waals surface area contributed by atoms with Gasteiger partial charge in [-0.15, -0.1) is 10.2 Å². The Kier molecular flexibility index (Phi) is 7.86. The van der Waals surface area contributed by atoms with Crippen molar-refractivity contribution >= 4 is 18.0 Å². The van der Waals surface area contributed by atoms with Crippen molar-refractivity contribution in [3.05, 3.63) is 77.9 Å². The number of nitrogens with zero attached hydrogens (tertiary/aromatic N) is 4. The van der Waals surface area contributed by atoms with Crippen molar-refractivity contribution in [1.82, 2.24) is 15.1 Å². The monoisotopic (exact) mass is 559 g/mol. The molecule has 0 aliphatic carbocycles. The molecule has 0 bridgehead atoms. The van der Waals surface area contributed by atoms with Gasteiger partial charge in [-0.3, -0.25) is 0 Å². The summed E-state index contributed by atoms with van der Waals surface area (Å²) >= 11 is 0. The second kappa shape index (κ2) is 11.4. The Morgan fingerprint density at radius 2 is 1.85 bits per heavy atom. The molecule has 216 valence electrons. The molecule has 2 aliphatic rings. The third-order valence-corrected chi connectivity index (χ3v) is 7.84. The standard InChI is InChI=1S/C31H37N5O5/c1-21(35-19-17-31(41-29(35)38,20-30(2,3)39)24-8-5-4-6-9-24)22-11-13-23(14-12-22)25-15-16-26(34-33-25)36-18-7-10-27(36)40-28(32)37/h4-6,8-9,11-16,21,27,39H,7,10,17-20H2,1-3H3,(H2,32,37)/t21-,27+,31-/m0/s1. The van der Waals surface area contributed by atoms with Gasteiger partial charge in [0.15, 0.2) is 12.0 Å². The number of anilines is 1. The lowest BCUT2D eigenvalue weighted by molar-refractivity contribution is -0.101. The number of rotatable bonds is 8. The molecule has 3 heterocycles. The van der Waals surface area contributed by atoms with Crippen molar-refractivity contribution in [2.24, 2.45) is 5.73 Å². The number of amides is 2. The lowest BCUT2D eigenvalue weighted by atomic mass is 9.80. The van der Waals surface area contributed by atoms with Crippen LogP contribution in [0.25, 0.3) is 11.3 Å². The normalized spacial score (nSPS) is 21.9. The number of primary amides is 1. The van der Waals surface area contributed by atoms with Crippen molar-refractivity contribution in [3.63, 3.8) is 0 Å². The maximum atomic E-state index is 13.4. The first kappa shape index (κ1) is 28.4. The Morgan fingerprint density at radius 1 is 1.12 bits per heavy atom. The van der Waals surface area contributed by atoms with E-state index in [1.54, 1.807) is 18.7 Å². The van der Waals surface area contributed by atoms with Crippen LogP contribution in [0, 0.1) is 0 Å². The molecule has 2 aliphatic heterocycles. The van der Waals surface area contributed by atoms with Crippen LogP contribution in [0.1, 0.15) is 63.6 Å². The van der Waals surface area contributed by atoms with Gasteiger partial charge < -0.3 is 30.1 Å². The van der Waals surface area contributed by atoms with E-state index in [0.717, 1.165) is 23.1 Å². The minimum Gasteiger partial charge on any atom is -0.438 e. The number of hydrogen-bond donors (Lipinski definition) is 2. The minimum absolute atomic E-state index is 0.210. The van der Waals surface area contributed by atoms with E-state index in [9.17, 15) is 14.7 Å². The third-order valence-electron chi connectivity index (χ3n) is 7.84. The fourth-order valence-corrected chi connectivity index (χ4v) is 5.89. The van der Waals surface area contributed by atoms with Gasteiger partial charge in [0.05, 0.1) is 17.3 Å². The summed E-state index contributed by atoms with van der Waals surface area (Å²) in [6, 6.07) is 21.1. The van der Waals surface area contributed by atoms with Crippen LogP contribution in [-0.4, -0.2) is 57.3 Å². The molecule has 41 heavy (non-hydrogen) atoms. The van der Waals surface area contributed by atoms with Gasteiger partial charge in [-0.25, -0.2) is 9.59 Å². The summed E-state index contributed by atoms with van der Waals surface area (Å²) in [6.07, 6.45) is 0.818. The second-order valence-corrected chi connectivity index (χ2v) is 11.5. The molecule has 2 fully saturated rings. The highest BCUT2D eigenvalue weighted by Crippen LogP contribution is 2.42. The first-order valence-electron chi connectivity index (χ1n) is 14.0. The summed E-state index contributed by atoms with van der Waals surface area (Å²) in [7, 11) is 0. The van der Waals surface area contributed by atoms with Crippen molar-refractivity contribution in [1.29, 1.82) is 0 Å². The van der Waals surface area contributed by atoms with Crippen LogP contribution in [0.2, 0.25) is 0 Å². The van der Waals surface area contributed by atoms with Gasteiger partial charge in [0.2, 0.25) is 0 Å².